The monoisotopic (exact) mass is 692 g/mol. The molecule has 1 aromatic heterocycles. The number of anilines is 2. The van der Waals surface area contributed by atoms with Crippen molar-refractivity contribution in [2.75, 3.05) is 14.2 Å². The summed E-state index contributed by atoms with van der Waals surface area (Å²) in [6.07, 6.45) is 0.164. The molecule has 1 unspecified atom stereocenters. The molecule has 7 rings (SSSR count). The van der Waals surface area contributed by atoms with Crippen LogP contribution in [0, 0.1) is 15.2 Å². The van der Waals surface area contributed by atoms with E-state index in [4.69, 9.17) is 0 Å². The van der Waals surface area contributed by atoms with Gasteiger partial charge >= 0.3 is 243 Å². The van der Waals surface area contributed by atoms with Gasteiger partial charge in [0.2, 0.25) is 0 Å². The summed E-state index contributed by atoms with van der Waals surface area (Å²) in [4.78, 5) is 48.5. The molecule has 1 spiro atoms. The number of rotatable bonds is 5. The van der Waals surface area contributed by atoms with E-state index in [9.17, 15) is 31.9 Å². The van der Waals surface area contributed by atoms with Gasteiger partial charge in [0.05, 0.1) is 0 Å². The first-order chi connectivity index (χ1) is 20.1. The number of halogens is 5. The van der Waals surface area contributed by atoms with Crippen LogP contribution in [0.3, 0.4) is 0 Å². The van der Waals surface area contributed by atoms with E-state index >= 15 is 0 Å². The molecular weight excluding hydrogens is 667 g/mol. The van der Waals surface area contributed by atoms with E-state index in [0.29, 0.717) is 9.99 Å². The molecule has 12 heteroatoms. The van der Waals surface area contributed by atoms with Gasteiger partial charge in [-0.1, -0.05) is 0 Å². The molecule has 42 heavy (non-hydrogen) atoms. The number of carbonyl (C=O) groups is 3. The number of hydrogen-bond donors (Lipinski definition) is 0. The second-order valence-corrected chi connectivity index (χ2v) is 18.8. The molecule has 1 saturated carbocycles. The molecule has 4 heterocycles. The van der Waals surface area contributed by atoms with Crippen LogP contribution in [-0.2, 0) is 14.4 Å². The molecule has 3 aliphatic heterocycles. The maximum absolute atomic E-state index is 14.6. The quantitative estimate of drug-likeness (QED) is 0.159. The number of aromatic nitrogens is 1. The zero-order valence-electron chi connectivity index (χ0n) is 22.1. The van der Waals surface area contributed by atoms with E-state index < -0.39 is 84.5 Å². The summed E-state index contributed by atoms with van der Waals surface area (Å²) in [6.45, 7) is 0. The van der Waals surface area contributed by atoms with Crippen LogP contribution in [0.25, 0.3) is 0 Å². The third kappa shape index (κ3) is 4.24. The summed E-state index contributed by atoms with van der Waals surface area (Å²) in [6, 6.07) is 11.9. The van der Waals surface area contributed by atoms with Gasteiger partial charge in [-0.3, -0.25) is 0 Å². The fraction of sp³-hybridized carbons (Fsp3) is 0.300. The first-order valence-corrected chi connectivity index (χ1v) is 18.3. The number of nitrogens with zero attached hydrogens (tertiary/aromatic N) is 4. The Labute approximate surface area is 242 Å². The summed E-state index contributed by atoms with van der Waals surface area (Å²) < 4.78 is 61.8. The van der Waals surface area contributed by atoms with Crippen LogP contribution < -0.4 is 9.80 Å². The average molecular weight is 692 g/mol. The van der Waals surface area contributed by atoms with Crippen LogP contribution in [0.2, 0.25) is 0 Å². The van der Waals surface area contributed by atoms with Gasteiger partial charge in [0, 0.05) is 0 Å². The predicted molar refractivity (Wildman–Crippen MR) is 156 cm³/mol. The number of hydrogen-bond acceptors (Lipinski definition) is 4. The number of benzene rings is 2. The number of alkyl halides is 3. The van der Waals surface area contributed by atoms with Gasteiger partial charge in [-0.2, -0.15) is 0 Å². The molecule has 2 aromatic carbocycles. The maximum atomic E-state index is 14.6. The zero-order chi connectivity index (χ0) is 29.4. The second-order valence-electron chi connectivity index (χ2n) is 10.8. The van der Waals surface area contributed by atoms with Crippen molar-refractivity contribution in [3.8, 4) is 0 Å². The minimum absolute atomic E-state index is 0.0119. The summed E-state index contributed by atoms with van der Waals surface area (Å²) in [5.74, 6) is -5.55. The minimum atomic E-state index is -3.24. The zero-order valence-corrected chi connectivity index (χ0v) is 24.3. The SMILES string of the molecule is O=C([C@@H]1CCC(=O)N1c1ccc(F)cn1)N(c1cccc(F)c1)[C@@H]1C(=O)N(C2CC(F)(F)C2)I2(=CC2)c2ccccc21. The standard InChI is InChI=1S/C30H25F4IN4O3/c31-18-4-3-5-20(14-18)37(28(41)24-9-11-26(40)38(24)25-10-8-19(32)17-36-25)27-22-6-1-2-7-23(22)35(12-13-35)39(29(27)42)21-15-30(33,34)16-21/h1-8,10,12,14,17,21,24,27H,9,11,13,15-16H2/t24-,27-/m0/s1. The van der Waals surface area contributed by atoms with Crippen molar-refractivity contribution in [1.29, 1.82) is 0 Å². The first kappa shape index (κ1) is 27.2. The Kier molecular flexibility index (Phi) is 6.26. The molecular formula is C30H25F4IN4O3. The van der Waals surface area contributed by atoms with E-state index in [2.05, 4.69) is 9.00 Å². The third-order valence-corrected chi connectivity index (χ3v) is 16.9. The summed E-state index contributed by atoms with van der Waals surface area (Å²) >= 11 is -3.24. The third-order valence-electron chi connectivity index (χ3n) is 8.20. The van der Waals surface area contributed by atoms with Gasteiger partial charge in [-0.25, -0.2) is 0 Å². The summed E-state index contributed by atoms with van der Waals surface area (Å²) in [5.41, 5.74) is 0.684. The molecule has 1 saturated heterocycles. The normalized spacial score (nSPS) is 27.6. The predicted octanol–water partition coefficient (Wildman–Crippen LogP) is 5.21. The molecule has 7 nitrogen and oxygen atoms in total. The molecule has 3 amide bonds. The van der Waals surface area contributed by atoms with Crippen molar-refractivity contribution in [3.05, 3.63) is 87.6 Å². The number of pyridine rings is 1. The Balaban J connectivity index is 1.37. The van der Waals surface area contributed by atoms with E-state index in [1.807, 2.05) is 12.1 Å². The van der Waals surface area contributed by atoms with Gasteiger partial charge in [0.15, 0.2) is 0 Å². The topological polar surface area (TPSA) is 73.8 Å². The van der Waals surface area contributed by atoms with Crippen molar-refractivity contribution < 1.29 is 31.9 Å². The average Bonchev–Trinajstić information content (AvgIpc) is 3.64. The summed E-state index contributed by atoms with van der Waals surface area (Å²) in [5, 5.41) is 0. The molecule has 0 N–H and O–H groups in total. The molecule has 0 bridgehead atoms. The van der Waals surface area contributed by atoms with Gasteiger partial charge in [0.25, 0.3) is 0 Å². The molecule has 1 aliphatic carbocycles. The van der Waals surface area contributed by atoms with Gasteiger partial charge < -0.3 is 0 Å². The number of fused-ring (bicyclic) bond motifs is 2. The van der Waals surface area contributed by atoms with Crippen molar-refractivity contribution in [2.45, 2.75) is 49.7 Å². The Morgan fingerprint density at radius 2 is 1.76 bits per heavy atom. The Morgan fingerprint density at radius 1 is 1.00 bits per heavy atom. The number of amides is 3. The van der Waals surface area contributed by atoms with Crippen LogP contribution >= 0.6 is 18.2 Å². The fourth-order valence-electron chi connectivity index (χ4n) is 6.23. The molecule has 2 fully saturated rings. The van der Waals surface area contributed by atoms with Gasteiger partial charge in [-0.15, -0.1) is 0 Å². The van der Waals surface area contributed by atoms with Crippen molar-refractivity contribution >= 4 is 51.5 Å². The van der Waals surface area contributed by atoms with Crippen LogP contribution in [0.1, 0.15) is 37.3 Å². The van der Waals surface area contributed by atoms with Crippen LogP contribution in [-0.4, -0.2) is 52.3 Å². The molecule has 218 valence electrons. The van der Waals surface area contributed by atoms with E-state index in [1.165, 1.54) is 34.1 Å². The summed E-state index contributed by atoms with van der Waals surface area (Å²) in [7, 11) is 0. The Hall–Kier alpha value is -3.68. The van der Waals surface area contributed by atoms with Crippen LogP contribution in [0.5, 0.6) is 0 Å². The van der Waals surface area contributed by atoms with Crippen LogP contribution in [0.15, 0.2) is 66.9 Å². The van der Waals surface area contributed by atoms with Crippen molar-refractivity contribution in [1.82, 2.24) is 8.10 Å². The molecule has 3 atom stereocenters. The Bertz CT molecular complexity index is 1690. The molecule has 0 radical (unpaired) electrons. The Morgan fingerprint density at radius 3 is 2.43 bits per heavy atom. The molecule has 3 aromatic rings. The van der Waals surface area contributed by atoms with E-state index in [-0.39, 0.29) is 24.3 Å². The van der Waals surface area contributed by atoms with Crippen molar-refractivity contribution in [2.24, 2.45) is 0 Å². The first-order valence-electron chi connectivity index (χ1n) is 13.5. The van der Waals surface area contributed by atoms with Crippen molar-refractivity contribution in [3.63, 3.8) is 0 Å². The van der Waals surface area contributed by atoms with Crippen LogP contribution in [0.4, 0.5) is 29.1 Å². The van der Waals surface area contributed by atoms with E-state index in [0.717, 1.165) is 21.9 Å². The van der Waals surface area contributed by atoms with Gasteiger partial charge in [-0.05, 0) is 0 Å². The second kappa shape index (κ2) is 9.68. The van der Waals surface area contributed by atoms with Gasteiger partial charge in [0.1, 0.15) is 0 Å². The number of carbonyl (C=O) groups excluding carboxylic acids is 3. The van der Waals surface area contributed by atoms with E-state index in [1.54, 1.807) is 15.2 Å². The molecule has 4 aliphatic rings. The fourth-order valence-corrected chi connectivity index (χ4v) is 16.3.